The minimum absolute atomic E-state index is 0.0676. The molecule has 0 atom stereocenters. The van der Waals surface area contributed by atoms with E-state index in [1.165, 1.54) is 18.5 Å². The Bertz CT molecular complexity index is 753. The van der Waals surface area contributed by atoms with E-state index in [-0.39, 0.29) is 5.02 Å². The summed E-state index contributed by atoms with van der Waals surface area (Å²) in [6, 6.07) is 6.36. The van der Waals surface area contributed by atoms with Crippen molar-refractivity contribution in [2.75, 3.05) is 5.32 Å². The number of fused-ring (bicyclic) bond motifs is 1. The monoisotopic (exact) mass is 276 g/mol. The summed E-state index contributed by atoms with van der Waals surface area (Å²) < 4.78 is 13.1. The van der Waals surface area contributed by atoms with Crippen LogP contribution < -0.4 is 5.32 Å². The number of hydrogen-bond donors (Lipinski definition) is 2. The van der Waals surface area contributed by atoms with Gasteiger partial charge in [0.15, 0.2) is 5.82 Å². The van der Waals surface area contributed by atoms with Gasteiger partial charge >= 0.3 is 0 Å². The summed E-state index contributed by atoms with van der Waals surface area (Å²) in [7, 11) is 0. The predicted molar refractivity (Wildman–Crippen MR) is 73.3 cm³/mol. The number of nitrogens with zero attached hydrogens (tertiary/aromatic N) is 2. The molecule has 96 valence electrons. The fourth-order valence-corrected chi connectivity index (χ4v) is 2.06. The molecule has 3 rings (SSSR count). The van der Waals surface area contributed by atoms with Gasteiger partial charge in [0.2, 0.25) is 0 Å². The van der Waals surface area contributed by atoms with Gasteiger partial charge in [-0.2, -0.15) is 0 Å². The highest BCUT2D eigenvalue weighted by atomic mass is 35.5. The number of anilines is 2. The van der Waals surface area contributed by atoms with E-state index in [4.69, 9.17) is 11.6 Å². The quantitative estimate of drug-likeness (QED) is 0.748. The van der Waals surface area contributed by atoms with E-state index in [9.17, 15) is 4.39 Å². The zero-order valence-corrected chi connectivity index (χ0v) is 10.8. The molecule has 0 amide bonds. The number of H-pyrrole nitrogens is 1. The Morgan fingerprint density at radius 2 is 2.11 bits per heavy atom. The van der Waals surface area contributed by atoms with Gasteiger partial charge in [-0.25, -0.2) is 14.4 Å². The molecule has 0 aliphatic carbocycles. The van der Waals surface area contributed by atoms with Crippen LogP contribution in [0.1, 0.15) is 5.69 Å². The van der Waals surface area contributed by atoms with E-state index in [0.717, 1.165) is 16.7 Å². The molecule has 0 spiro atoms. The van der Waals surface area contributed by atoms with E-state index in [1.54, 1.807) is 6.07 Å². The maximum atomic E-state index is 13.1. The van der Waals surface area contributed by atoms with Crippen LogP contribution in [0.2, 0.25) is 5.02 Å². The lowest BCUT2D eigenvalue weighted by Gasteiger charge is -2.06. The van der Waals surface area contributed by atoms with E-state index in [0.29, 0.717) is 11.5 Å². The average molecular weight is 277 g/mol. The largest absolute Gasteiger partial charge is 0.354 e. The third-order valence-electron chi connectivity index (χ3n) is 2.73. The van der Waals surface area contributed by atoms with Gasteiger partial charge in [-0.05, 0) is 31.2 Å². The highest BCUT2D eigenvalue weighted by Gasteiger charge is 2.07. The van der Waals surface area contributed by atoms with Crippen molar-refractivity contribution >= 4 is 34.1 Å². The minimum Gasteiger partial charge on any atom is -0.354 e. The lowest BCUT2D eigenvalue weighted by molar-refractivity contribution is 0.628. The molecule has 0 saturated carbocycles. The number of aryl methyl sites for hydroxylation is 1. The Morgan fingerprint density at radius 3 is 2.89 bits per heavy atom. The van der Waals surface area contributed by atoms with E-state index in [1.807, 2.05) is 13.0 Å². The molecule has 2 heterocycles. The standard InChI is InChI=1S/C13H10ClFN4/c1-7-4-11-12(18-7)13(17-6-16-11)19-8-2-3-10(15)9(14)5-8/h2-6,18H,1H3,(H,16,17,19). The van der Waals surface area contributed by atoms with E-state index in [2.05, 4.69) is 20.3 Å². The molecule has 6 heteroatoms. The Hall–Kier alpha value is -2.14. The van der Waals surface area contributed by atoms with Gasteiger partial charge in [-0.15, -0.1) is 0 Å². The molecule has 0 saturated heterocycles. The normalized spacial score (nSPS) is 10.9. The van der Waals surface area contributed by atoms with E-state index < -0.39 is 5.82 Å². The summed E-state index contributed by atoms with van der Waals surface area (Å²) in [6.07, 6.45) is 1.48. The summed E-state index contributed by atoms with van der Waals surface area (Å²) in [5.41, 5.74) is 3.29. The first-order valence-electron chi connectivity index (χ1n) is 5.66. The molecule has 0 aliphatic heterocycles. The van der Waals surface area contributed by atoms with Gasteiger partial charge in [-0.1, -0.05) is 11.6 Å². The van der Waals surface area contributed by atoms with Crippen molar-refractivity contribution in [3.05, 3.63) is 47.1 Å². The van der Waals surface area contributed by atoms with Gasteiger partial charge in [0.1, 0.15) is 17.7 Å². The number of aromatic nitrogens is 3. The first-order valence-corrected chi connectivity index (χ1v) is 6.03. The molecular weight excluding hydrogens is 267 g/mol. The SMILES string of the molecule is Cc1cc2ncnc(Nc3ccc(F)c(Cl)c3)c2[nH]1. The second-order valence-corrected chi connectivity index (χ2v) is 4.60. The summed E-state index contributed by atoms with van der Waals surface area (Å²) in [5.74, 6) is 0.177. The number of aromatic amines is 1. The number of benzene rings is 1. The van der Waals surface area contributed by atoms with Crippen LogP contribution in [-0.4, -0.2) is 15.0 Å². The number of halogens is 2. The highest BCUT2D eigenvalue weighted by Crippen LogP contribution is 2.25. The average Bonchev–Trinajstić information content (AvgIpc) is 2.75. The van der Waals surface area contributed by atoms with Crippen LogP contribution in [0, 0.1) is 12.7 Å². The second-order valence-electron chi connectivity index (χ2n) is 4.19. The van der Waals surface area contributed by atoms with Crippen LogP contribution in [0.3, 0.4) is 0 Å². The highest BCUT2D eigenvalue weighted by molar-refractivity contribution is 6.31. The number of hydrogen-bond acceptors (Lipinski definition) is 3. The summed E-state index contributed by atoms with van der Waals surface area (Å²) in [4.78, 5) is 11.5. The van der Waals surface area contributed by atoms with Crippen molar-refractivity contribution in [2.45, 2.75) is 6.92 Å². The van der Waals surface area contributed by atoms with Crippen molar-refractivity contribution in [3.63, 3.8) is 0 Å². The third-order valence-corrected chi connectivity index (χ3v) is 3.02. The predicted octanol–water partition coefficient (Wildman–Crippen LogP) is 3.80. The van der Waals surface area contributed by atoms with Gasteiger partial charge in [0.05, 0.1) is 10.5 Å². The fourth-order valence-electron chi connectivity index (χ4n) is 1.88. The Labute approximate surface area is 113 Å². The summed E-state index contributed by atoms with van der Waals surface area (Å²) >= 11 is 5.75. The summed E-state index contributed by atoms with van der Waals surface area (Å²) in [6.45, 7) is 1.94. The Morgan fingerprint density at radius 1 is 1.26 bits per heavy atom. The van der Waals surface area contributed by atoms with Gasteiger partial charge in [0.25, 0.3) is 0 Å². The van der Waals surface area contributed by atoms with Crippen LogP contribution in [0.15, 0.2) is 30.6 Å². The van der Waals surface area contributed by atoms with Crippen molar-refractivity contribution < 1.29 is 4.39 Å². The maximum absolute atomic E-state index is 13.1. The topological polar surface area (TPSA) is 53.6 Å². The molecule has 1 aromatic carbocycles. The smallest absolute Gasteiger partial charge is 0.158 e. The lowest BCUT2D eigenvalue weighted by Crippen LogP contribution is -1.96. The second kappa shape index (κ2) is 4.51. The van der Waals surface area contributed by atoms with Crippen molar-refractivity contribution in [1.82, 2.24) is 15.0 Å². The minimum atomic E-state index is -0.448. The molecule has 0 unspecified atom stereocenters. The molecule has 19 heavy (non-hydrogen) atoms. The fraction of sp³-hybridized carbons (Fsp3) is 0.0769. The molecule has 3 aromatic rings. The summed E-state index contributed by atoms with van der Waals surface area (Å²) in [5, 5.41) is 3.16. The van der Waals surface area contributed by atoms with Gasteiger partial charge < -0.3 is 10.3 Å². The third kappa shape index (κ3) is 2.24. The Balaban J connectivity index is 2.02. The Kier molecular flexibility index (Phi) is 2.83. The lowest BCUT2D eigenvalue weighted by atomic mass is 10.3. The van der Waals surface area contributed by atoms with Crippen LogP contribution >= 0.6 is 11.6 Å². The van der Waals surface area contributed by atoms with Crippen LogP contribution in [0.4, 0.5) is 15.9 Å². The van der Waals surface area contributed by atoms with Crippen molar-refractivity contribution in [3.8, 4) is 0 Å². The number of rotatable bonds is 2. The zero-order valence-electron chi connectivity index (χ0n) is 10.0. The van der Waals surface area contributed by atoms with Crippen LogP contribution in [0.5, 0.6) is 0 Å². The molecule has 0 aliphatic rings. The molecule has 0 radical (unpaired) electrons. The molecular formula is C13H10ClFN4. The zero-order chi connectivity index (χ0) is 13.4. The molecule has 0 bridgehead atoms. The number of nitrogens with one attached hydrogen (secondary N) is 2. The van der Waals surface area contributed by atoms with Crippen molar-refractivity contribution in [1.29, 1.82) is 0 Å². The van der Waals surface area contributed by atoms with Crippen molar-refractivity contribution in [2.24, 2.45) is 0 Å². The molecule has 0 fully saturated rings. The maximum Gasteiger partial charge on any atom is 0.158 e. The molecule has 2 aromatic heterocycles. The molecule has 4 nitrogen and oxygen atoms in total. The molecule has 2 N–H and O–H groups in total. The van der Waals surface area contributed by atoms with Crippen LogP contribution in [0.25, 0.3) is 11.0 Å². The van der Waals surface area contributed by atoms with E-state index >= 15 is 0 Å². The van der Waals surface area contributed by atoms with Gasteiger partial charge in [-0.3, -0.25) is 0 Å². The first kappa shape index (κ1) is 11.9. The first-order chi connectivity index (χ1) is 9.13. The van der Waals surface area contributed by atoms with Crippen LogP contribution in [-0.2, 0) is 0 Å². The van der Waals surface area contributed by atoms with Gasteiger partial charge in [0, 0.05) is 11.4 Å².